The van der Waals surface area contributed by atoms with Crippen molar-refractivity contribution in [1.82, 2.24) is 5.32 Å². The molecule has 0 radical (unpaired) electrons. The Bertz CT molecular complexity index is 823. The maximum Gasteiger partial charge on any atom is 0.230 e. The molecule has 0 atom stereocenters. The highest BCUT2D eigenvalue weighted by atomic mass is 32.2. The summed E-state index contributed by atoms with van der Waals surface area (Å²) in [4.78, 5) is 26.9. The molecule has 0 bridgehead atoms. The zero-order valence-corrected chi connectivity index (χ0v) is 17.6. The van der Waals surface area contributed by atoms with Gasteiger partial charge in [-0.25, -0.2) is 0 Å². The number of hydrogen-bond donors (Lipinski definition) is 1. The minimum atomic E-state index is 0.0173. The van der Waals surface area contributed by atoms with E-state index in [2.05, 4.69) is 50.4 Å². The summed E-state index contributed by atoms with van der Waals surface area (Å²) in [5.41, 5.74) is 3.40. The molecule has 1 saturated heterocycles. The van der Waals surface area contributed by atoms with Gasteiger partial charge in [-0.05, 0) is 47.2 Å². The van der Waals surface area contributed by atoms with Crippen molar-refractivity contribution in [3.05, 3.63) is 59.7 Å². The SMILES string of the molecule is CC(C)(C)c1ccc(SCC(=O)NCc2ccc(N3CCCC3=O)cc2)cc1. The van der Waals surface area contributed by atoms with Gasteiger partial charge in [0.15, 0.2) is 0 Å². The third-order valence-electron chi connectivity index (χ3n) is 4.90. The van der Waals surface area contributed by atoms with Gasteiger partial charge in [0, 0.05) is 30.1 Å². The van der Waals surface area contributed by atoms with Crippen molar-refractivity contribution < 1.29 is 9.59 Å². The second-order valence-corrected chi connectivity index (χ2v) is 9.20. The van der Waals surface area contributed by atoms with Crippen LogP contribution in [0.3, 0.4) is 0 Å². The molecule has 0 saturated carbocycles. The van der Waals surface area contributed by atoms with Crippen LogP contribution in [0.1, 0.15) is 44.7 Å². The van der Waals surface area contributed by atoms with Crippen molar-refractivity contribution in [2.45, 2.75) is 50.5 Å². The first-order chi connectivity index (χ1) is 13.3. The first-order valence-electron chi connectivity index (χ1n) is 9.72. The number of carbonyl (C=O) groups excluding carboxylic acids is 2. The molecule has 1 heterocycles. The lowest BCUT2D eigenvalue weighted by Crippen LogP contribution is -2.25. The molecule has 148 valence electrons. The number of anilines is 1. The normalized spacial score (nSPS) is 14.4. The third kappa shape index (κ3) is 5.38. The topological polar surface area (TPSA) is 49.4 Å². The summed E-state index contributed by atoms with van der Waals surface area (Å²) in [6, 6.07) is 16.3. The molecule has 1 N–H and O–H groups in total. The van der Waals surface area contributed by atoms with Gasteiger partial charge >= 0.3 is 0 Å². The van der Waals surface area contributed by atoms with E-state index in [1.165, 1.54) is 5.56 Å². The molecule has 4 nitrogen and oxygen atoms in total. The molecular formula is C23H28N2O2S. The van der Waals surface area contributed by atoms with E-state index >= 15 is 0 Å². The van der Waals surface area contributed by atoms with E-state index in [1.807, 2.05) is 29.2 Å². The highest BCUT2D eigenvalue weighted by molar-refractivity contribution is 8.00. The number of nitrogens with one attached hydrogen (secondary N) is 1. The van der Waals surface area contributed by atoms with Gasteiger partial charge in [0.1, 0.15) is 0 Å². The van der Waals surface area contributed by atoms with Crippen LogP contribution < -0.4 is 10.2 Å². The molecule has 0 aromatic heterocycles. The van der Waals surface area contributed by atoms with Gasteiger partial charge in [0.25, 0.3) is 0 Å². The summed E-state index contributed by atoms with van der Waals surface area (Å²) in [6.07, 6.45) is 1.56. The summed E-state index contributed by atoms with van der Waals surface area (Å²) < 4.78 is 0. The highest BCUT2D eigenvalue weighted by Gasteiger charge is 2.21. The van der Waals surface area contributed by atoms with E-state index in [9.17, 15) is 9.59 Å². The lowest BCUT2D eigenvalue weighted by Gasteiger charge is -2.19. The summed E-state index contributed by atoms with van der Waals surface area (Å²) in [7, 11) is 0. The average Bonchev–Trinajstić information content (AvgIpc) is 3.10. The standard InChI is InChI=1S/C23H28N2O2S/c1-23(2,3)18-8-12-20(13-9-18)28-16-21(26)24-15-17-6-10-19(11-7-17)25-14-4-5-22(25)27/h6-13H,4-5,14-16H2,1-3H3,(H,24,26). The number of carbonyl (C=O) groups is 2. The van der Waals surface area contributed by atoms with Gasteiger partial charge in [-0.15, -0.1) is 11.8 Å². The average molecular weight is 397 g/mol. The van der Waals surface area contributed by atoms with Gasteiger partial charge in [0.05, 0.1) is 5.75 Å². The van der Waals surface area contributed by atoms with Crippen LogP contribution in [0, 0.1) is 0 Å². The number of hydrogen-bond acceptors (Lipinski definition) is 3. The van der Waals surface area contributed by atoms with Crippen molar-refractivity contribution in [2.75, 3.05) is 17.2 Å². The Morgan fingerprint density at radius 1 is 1.07 bits per heavy atom. The number of rotatable bonds is 6. The van der Waals surface area contributed by atoms with Gasteiger partial charge < -0.3 is 10.2 Å². The lowest BCUT2D eigenvalue weighted by atomic mass is 9.87. The van der Waals surface area contributed by atoms with Crippen LogP contribution in [-0.4, -0.2) is 24.1 Å². The predicted molar refractivity (Wildman–Crippen MR) is 116 cm³/mol. The lowest BCUT2D eigenvalue weighted by molar-refractivity contribution is -0.119. The summed E-state index contributed by atoms with van der Waals surface area (Å²) in [5.74, 6) is 0.604. The second-order valence-electron chi connectivity index (χ2n) is 8.16. The maximum absolute atomic E-state index is 12.2. The van der Waals surface area contributed by atoms with Crippen LogP contribution in [-0.2, 0) is 21.5 Å². The number of nitrogens with zero attached hydrogens (tertiary/aromatic N) is 1. The third-order valence-corrected chi connectivity index (χ3v) is 5.91. The Morgan fingerprint density at radius 2 is 1.75 bits per heavy atom. The van der Waals surface area contributed by atoms with Gasteiger partial charge in [0.2, 0.25) is 11.8 Å². The first-order valence-corrected chi connectivity index (χ1v) is 10.7. The molecule has 0 spiro atoms. The van der Waals surface area contributed by atoms with Crippen LogP contribution >= 0.6 is 11.8 Å². The molecule has 0 unspecified atom stereocenters. The fourth-order valence-electron chi connectivity index (χ4n) is 3.17. The molecule has 5 heteroatoms. The smallest absolute Gasteiger partial charge is 0.230 e. The van der Waals surface area contributed by atoms with Crippen molar-refractivity contribution in [2.24, 2.45) is 0 Å². The molecule has 1 aliphatic heterocycles. The maximum atomic E-state index is 12.2. The number of thioether (sulfide) groups is 1. The van der Waals surface area contributed by atoms with Gasteiger partial charge in [-0.1, -0.05) is 45.0 Å². The molecule has 0 aliphatic carbocycles. The second kappa shape index (κ2) is 8.82. The van der Waals surface area contributed by atoms with E-state index in [-0.39, 0.29) is 17.2 Å². The molecule has 2 aromatic carbocycles. The Hall–Kier alpha value is -2.27. The molecule has 3 rings (SSSR count). The first kappa shape index (κ1) is 20.5. The van der Waals surface area contributed by atoms with E-state index in [4.69, 9.17) is 0 Å². The Balaban J connectivity index is 1.44. The quantitative estimate of drug-likeness (QED) is 0.731. The van der Waals surface area contributed by atoms with Crippen molar-refractivity contribution in [3.63, 3.8) is 0 Å². The zero-order valence-electron chi connectivity index (χ0n) is 16.8. The Kier molecular flexibility index (Phi) is 6.45. The van der Waals surface area contributed by atoms with Gasteiger partial charge in [-0.3, -0.25) is 9.59 Å². The van der Waals surface area contributed by atoms with Crippen molar-refractivity contribution >= 4 is 29.3 Å². The summed E-state index contributed by atoms with van der Waals surface area (Å²) in [5, 5.41) is 2.96. The molecule has 1 fully saturated rings. The van der Waals surface area contributed by atoms with Crippen LogP contribution in [0.25, 0.3) is 0 Å². The van der Waals surface area contributed by atoms with Crippen LogP contribution in [0.15, 0.2) is 53.4 Å². The van der Waals surface area contributed by atoms with E-state index in [1.54, 1.807) is 11.8 Å². The van der Waals surface area contributed by atoms with Gasteiger partial charge in [-0.2, -0.15) is 0 Å². The fourth-order valence-corrected chi connectivity index (χ4v) is 3.89. The van der Waals surface area contributed by atoms with E-state index in [0.29, 0.717) is 18.7 Å². The number of amides is 2. The highest BCUT2D eigenvalue weighted by Crippen LogP contribution is 2.25. The molecular weight excluding hydrogens is 368 g/mol. The Morgan fingerprint density at radius 3 is 2.32 bits per heavy atom. The Labute approximate surface area is 171 Å². The van der Waals surface area contributed by atoms with Crippen molar-refractivity contribution in [1.29, 1.82) is 0 Å². The van der Waals surface area contributed by atoms with Crippen LogP contribution in [0.5, 0.6) is 0 Å². The van der Waals surface area contributed by atoms with E-state index in [0.717, 1.165) is 29.1 Å². The van der Waals surface area contributed by atoms with Crippen LogP contribution in [0.2, 0.25) is 0 Å². The monoisotopic (exact) mass is 396 g/mol. The summed E-state index contributed by atoms with van der Waals surface area (Å²) in [6.45, 7) is 7.87. The minimum absolute atomic E-state index is 0.0173. The fraction of sp³-hybridized carbons (Fsp3) is 0.391. The van der Waals surface area contributed by atoms with E-state index < -0.39 is 0 Å². The zero-order chi connectivity index (χ0) is 20.1. The molecule has 2 aromatic rings. The predicted octanol–water partition coefficient (Wildman–Crippen LogP) is 4.52. The molecule has 2 amide bonds. The molecule has 1 aliphatic rings. The van der Waals surface area contributed by atoms with Crippen LogP contribution in [0.4, 0.5) is 5.69 Å². The largest absolute Gasteiger partial charge is 0.351 e. The molecule has 28 heavy (non-hydrogen) atoms. The summed E-state index contributed by atoms with van der Waals surface area (Å²) >= 11 is 1.55. The van der Waals surface area contributed by atoms with Crippen molar-refractivity contribution in [3.8, 4) is 0 Å². The number of benzene rings is 2. The minimum Gasteiger partial charge on any atom is -0.351 e.